The van der Waals surface area contributed by atoms with E-state index in [1.807, 2.05) is 6.92 Å². The molecule has 1 saturated carbocycles. The van der Waals surface area contributed by atoms with E-state index in [0.717, 1.165) is 0 Å². The van der Waals surface area contributed by atoms with E-state index in [1.165, 1.54) is 32.1 Å². The highest BCUT2D eigenvalue weighted by Gasteiger charge is 2.25. The second-order valence-corrected chi connectivity index (χ2v) is 5.46. The molecule has 0 aromatic carbocycles. The van der Waals surface area contributed by atoms with Crippen molar-refractivity contribution in [2.75, 3.05) is 26.4 Å². The van der Waals surface area contributed by atoms with Crippen molar-refractivity contribution < 1.29 is 14.3 Å². The maximum Gasteiger partial charge on any atom is 0.249 e. The lowest BCUT2D eigenvalue weighted by Crippen LogP contribution is -2.49. The SMILES string of the molecule is CCOCCOC(C)C(=O)NC(CN)C1CCCCC1. The quantitative estimate of drug-likeness (QED) is 0.629. The normalized spacial score (nSPS) is 19.6. The number of ether oxygens (including phenoxy) is 2. The highest BCUT2D eigenvalue weighted by molar-refractivity contribution is 5.80. The molecule has 0 aliphatic heterocycles. The van der Waals surface area contributed by atoms with E-state index in [0.29, 0.717) is 32.3 Å². The summed E-state index contributed by atoms with van der Waals surface area (Å²) in [5.74, 6) is 0.454. The van der Waals surface area contributed by atoms with Crippen molar-refractivity contribution in [3.05, 3.63) is 0 Å². The summed E-state index contributed by atoms with van der Waals surface area (Å²) in [6, 6.07) is 0.0840. The molecule has 1 rings (SSSR count). The number of carbonyl (C=O) groups is 1. The van der Waals surface area contributed by atoms with Crippen LogP contribution in [-0.2, 0) is 14.3 Å². The number of carbonyl (C=O) groups excluding carboxylic acids is 1. The molecule has 20 heavy (non-hydrogen) atoms. The third-order valence-corrected chi connectivity index (χ3v) is 3.97. The fourth-order valence-corrected chi connectivity index (χ4v) is 2.71. The molecule has 1 aliphatic rings. The second kappa shape index (κ2) is 10.1. The molecule has 0 radical (unpaired) electrons. The summed E-state index contributed by atoms with van der Waals surface area (Å²) in [7, 11) is 0. The third kappa shape index (κ3) is 6.20. The summed E-state index contributed by atoms with van der Waals surface area (Å²) < 4.78 is 10.6. The summed E-state index contributed by atoms with van der Waals surface area (Å²) in [5.41, 5.74) is 5.82. The average Bonchev–Trinajstić information content (AvgIpc) is 2.49. The van der Waals surface area contributed by atoms with Gasteiger partial charge in [0.15, 0.2) is 0 Å². The molecule has 1 fully saturated rings. The minimum atomic E-state index is -0.451. The average molecular weight is 286 g/mol. The topological polar surface area (TPSA) is 73.6 Å². The van der Waals surface area contributed by atoms with Gasteiger partial charge in [0.2, 0.25) is 5.91 Å². The van der Waals surface area contributed by atoms with E-state index in [4.69, 9.17) is 15.2 Å². The highest BCUT2D eigenvalue weighted by Crippen LogP contribution is 2.26. The maximum absolute atomic E-state index is 12.1. The van der Waals surface area contributed by atoms with Crippen LogP contribution >= 0.6 is 0 Å². The van der Waals surface area contributed by atoms with Gasteiger partial charge in [-0.15, -0.1) is 0 Å². The van der Waals surface area contributed by atoms with Gasteiger partial charge in [0.05, 0.1) is 13.2 Å². The molecule has 3 N–H and O–H groups in total. The molecule has 0 heterocycles. The van der Waals surface area contributed by atoms with E-state index < -0.39 is 6.10 Å². The Morgan fingerprint density at radius 1 is 1.30 bits per heavy atom. The zero-order valence-corrected chi connectivity index (χ0v) is 12.9. The Bertz CT molecular complexity index is 268. The molecule has 1 aliphatic carbocycles. The van der Waals surface area contributed by atoms with Crippen molar-refractivity contribution >= 4 is 5.91 Å². The van der Waals surface area contributed by atoms with Gasteiger partial charge in [0.1, 0.15) is 6.10 Å². The Kier molecular flexibility index (Phi) is 8.82. The lowest BCUT2D eigenvalue weighted by molar-refractivity contribution is -0.133. The fraction of sp³-hybridized carbons (Fsp3) is 0.933. The minimum Gasteiger partial charge on any atom is -0.379 e. The highest BCUT2D eigenvalue weighted by atomic mass is 16.5. The van der Waals surface area contributed by atoms with Crippen LogP contribution in [0.2, 0.25) is 0 Å². The first-order chi connectivity index (χ1) is 9.69. The Balaban J connectivity index is 2.29. The number of hydrogen-bond donors (Lipinski definition) is 2. The lowest BCUT2D eigenvalue weighted by Gasteiger charge is -2.30. The van der Waals surface area contributed by atoms with Crippen LogP contribution in [0.1, 0.15) is 46.0 Å². The Labute approximate surface area is 122 Å². The molecule has 118 valence electrons. The van der Waals surface area contributed by atoms with Gasteiger partial charge >= 0.3 is 0 Å². The summed E-state index contributed by atoms with van der Waals surface area (Å²) in [4.78, 5) is 12.1. The standard InChI is InChI=1S/C15H30N2O3/c1-3-19-9-10-20-12(2)15(18)17-14(11-16)13-7-5-4-6-8-13/h12-14H,3-11,16H2,1-2H3,(H,17,18). The van der Waals surface area contributed by atoms with Crippen LogP contribution < -0.4 is 11.1 Å². The predicted molar refractivity (Wildman–Crippen MR) is 79.5 cm³/mol. The number of hydrogen-bond acceptors (Lipinski definition) is 4. The lowest BCUT2D eigenvalue weighted by atomic mass is 9.84. The number of amides is 1. The van der Waals surface area contributed by atoms with Gasteiger partial charge < -0.3 is 20.5 Å². The molecule has 0 spiro atoms. The van der Waals surface area contributed by atoms with Crippen molar-refractivity contribution in [3.8, 4) is 0 Å². The molecule has 2 unspecified atom stereocenters. The van der Waals surface area contributed by atoms with Crippen LogP contribution in [0.5, 0.6) is 0 Å². The van der Waals surface area contributed by atoms with Gasteiger partial charge in [0, 0.05) is 19.2 Å². The number of nitrogens with one attached hydrogen (secondary N) is 1. The molecule has 0 bridgehead atoms. The van der Waals surface area contributed by atoms with E-state index >= 15 is 0 Å². The second-order valence-electron chi connectivity index (χ2n) is 5.46. The van der Waals surface area contributed by atoms with Crippen LogP contribution in [0, 0.1) is 5.92 Å². The summed E-state index contributed by atoms with van der Waals surface area (Å²) in [5, 5.41) is 3.05. The largest absolute Gasteiger partial charge is 0.379 e. The van der Waals surface area contributed by atoms with Crippen LogP contribution in [0.3, 0.4) is 0 Å². The Morgan fingerprint density at radius 2 is 2.00 bits per heavy atom. The van der Waals surface area contributed by atoms with Gasteiger partial charge in [-0.1, -0.05) is 19.3 Å². The van der Waals surface area contributed by atoms with Crippen molar-refractivity contribution in [2.45, 2.75) is 58.1 Å². The molecule has 0 saturated heterocycles. The minimum absolute atomic E-state index is 0.0671. The van der Waals surface area contributed by atoms with E-state index in [-0.39, 0.29) is 11.9 Å². The maximum atomic E-state index is 12.1. The Hall–Kier alpha value is -0.650. The van der Waals surface area contributed by atoms with Crippen molar-refractivity contribution in [1.29, 1.82) is 0 Å². The first kappa shape index (κ1) is 17.4. The molecule has 1 amide bonds. The van der Waals surface area contributed by atoms with Gasteiger partial charge in [-0.3, -0.25) is 4.79 Å². The molecular weight excluding hydrogens is 256 g/mol. The number of nitrogens with two attached hydrogens (primary N) is 1. The van der Waals surface area contributed by atoms with Gasteiger partial charge in [-0.05, 0) is 32.6 Å². The molecule has 0 aromatic heterocycles. The van der Waals surface area contributed by atoms with Gasteiger partial charge in [-0.25, -0.2) is 0 Å². The fourth-order valence-electron chi connectivity index (χ4n) is 2.71. The summed E-state index contributed by atoms with van der Waals surface area (Å²) >= 11 is 0. The van der Waals surface area contributed by atoms with Gasteiger partial charge in [-0.2, -0.15) is 0 Å². The molecule has 5 nitrogen and oxygen atoms in total. The van der Waals surface area contributed by atoms with Crippen molar-refractivity contribution in [3.63, 3.8) is 0 Å². The van der Waals surface area contributed by atoms with E-state index in [9.17, 15) is 4.79 Å². The molecule has 5 heteroatoms. The van der Waals surface area contributed by atoms with Crippen LogP contribution in [0.15, 0.2) is 0 Å². The monoisotopic (exact) mass is 286 g/mol. The smallest absolute Gasteiger partial charge is 0.249 e. The zero-order valence-electron chi connectivity index (χ0n) is 12.9. The zero-order chi connectivity index (χ0) is 14.8. The summed E-state index contributed by atoms with van der Waals surface area (Å²) in [6.07, 6.45) is 5.69. The van der Waals surface area contributed by atoms with Crippen molar-refractivity contribution in [1.82, 2.24) is 5.32 Å². The van der Waals surface area contributed by atoms with Crippen molar-refractivity contribution in [2.24, 2.45) is 11.7 Å². The van der Waals surface area contributed by atoms with Crippen LogP contribution in [-0.4, -0.2) is 44.4 Å². The van der Waals surface area contributed by atoms with Crippen LogP contribution in [0.4, 0.5) is 0 Å². The summed E-state index contributed by atoms with van der Waals surface area (Å²) in [6.45, 7) is 5.85. The van der Waals surface area contributed by atoms with Gasteiger partial charge in [0.25, 0.3) is 0 Å². The molecule has 0 aromatic rings. The van der Waals surface area contributed by atoms with E-state index in [2.05, 4.69) is 5.32 Å². The molecule has 2 atom stereocenters. The first-order valence-corrected chi connectivity index (χ1v) is 7.88. The molecular formula is C15H30N2O3. The number of rotatable bonds is 9. The predicted octanol–water partition coefficient (Wildman–Crippen LogP) is 1.45. The van der Waals surface area contributed by atoms with Crippen LogP contribution in [0.25, 0.3) is 0 Å². The first-order valence-electron chi connectivity index (χ1n) is 7.88. The third-order valence-electron chi connectivity index (χ3n) is 3.97. The Morgan fingerprint density at radius 3 is 2.60 bits per heavy atom. The van der Waals surface area contributed by atoms with E-state index in [1.54, 1.807) is 6.92 Å².